The molecule has 0 amide bonds. The number of primary sulfonamides is 1. The van der Waals surface area contributed by atoms with E-state index in [4.69, 9.17) is 9.88 Å². The molecule has 11 heavy (non-hydrogen) atoms. The predicted octanol–water partition coefficient (Wildman–Crippen LogP) is -0.546. The highest BCUT2D eigenvalue weighted by atomic mass is 32.2. The lowest BCUT2D eigenvalue weighted by atomic mass is 9.72. The Morgan fingerprint density at radius 1 is 1.55 bits per heavy atom. The molecule has 2 heterocycles. The van der Waals surface area contributed by atoms with E-state index in [0.717, 1.165) is 12.8 Å². The van der Waals surface area contributed by atoms with Crippen molar-refractivity contribution in [2.75, 3.05) is 12.4 Å². The molecule has 64 valence electrons. The van der Waals surface area contributed by atoms with Gasteiger partial charge in [-0.15, -0.1) is 0 Å². The maximum absolute atomic E-state index is 10.7. The van der Waals surface area contributed by atoms with Crippen molar-refractivity contribution in [3.05, 3.63) is 0 Å². The molecule has 2 saturated heterocycles. The normalized spacial score (nSPS) is 42.1. The Labute approximate surface area is 65.8 Å². The Kier molecular flexibility index (Phi) is 1.34. The van der Waals surface area contributed by atoms with Crippen molar-refractivity contribution in [1.82, 2.24) is 0 Å². The van der Waals surface area contributed by atoms with Crippen LogP contribution in [0.25, 0.3) is 0 Å². The van der Waals surface area contributed by atoms with Crippen LogP contribution in [0.5, 0.6) is 0 Å². The van der Waals surface area contributed by atoms with Gasteiger partial charge in [0.2, 0.25) is 10.0 Å². The van der Waals surface area contributed by atoms with Crippen LogP contribution < -0.4 is 5.14 Å². The minimum absolute atomic E-state index is 0.0938. The molecule has 0 spiro atoms. The number of rotatable bonds is 2. The number of sulfonamides is 1. The van der Waals surface area contributed by atoms with Crippen LogP contribution in [0.3, 0.4) is 0 Å². The van der Waals surface area contributed by atoms with Crippen LogP contribution >= 0.6 is 0 Å². The van der Waals surface area contributed by atoms with Gasteiger partial charge in [-0.2, -0.15) is 0 Å². The van der Waals surface area contributed by atoms with Gasteiger partial charge in [-0.1, -0.05) is 0 Å². The third kappa shape index (κ3) is 1.28. The molecule has 0 atom stereocenters. The summed E-state index contributed by atoms with van der Waals surface area (Å²) in [7, 11) is -3.31. The summed E-state index contributed by atoms with van der Waals surface area (Å²) in [5.41, 5.74) is -0.113. The zero-order valence-electron chi connectivity index (χ0n) is 6.12. The number of nitrogens with two attached hydrogens (primary N) is 1. The molecule has 2 bridgehead atoms. The first-order valence-electron chi connectivity index (χ1n) is 3.61. The first kappa shape index (κ1) is 7.52. The first-order valence-corrected chi connectivity index (χ1v) is 5.33. The number of ether oxygens (including phenoxy) is 1. The van der Waals surface area contributed by atoms with Crippen molar-refractivity contribution in [2.45, 2.75) is 18.9 Å². The molecule has 0 aromatic rings. The Morgan fingerprint density at radius 3 is 2.55 bits per heavy atom. The fraction of sp³-hybridized carbons (Fsp3) is 1.00. The fourth-order valence-electron chi connectivity index (χ4n) is 2.02. The molecule has 0 radical (unpaired) electrons. The SMILES string of the molecule is NS(=O)(=O)CC12COC(C1)C2. The Balaban J connectivity index is 2.07. The monoisotopic (exact) mass is 177 g/mol. The molecule has 2 N–H and O–H groups in total. The summed E-state index contributed by atoms with van der Waals surface area (Å²) < 4.78 is 26.7. The highest BCUT2D eigenvalue weighted by Crippen LogP contribution is 2.50. The zero-order valence-corrected chi connectivity index (χ0v) is 6.93. The average Bonchev–Trinajstić information content (AvgIpc) is 2.15. The minimum atomic E-state index is -3.31. The van der Waals surface area contributed by atoms with Gasteiger partial charge in [-0.25, -0.2) is 13.6 Å². The largest absolute Gasteiger partial charge is 0.378 e. The standard InChI is InChI=1S/C6H11NO3S/c7-11(8,9)4-6-1-5(2-6)10-3-6/h5H,1-4H2,(H2,7,8,9). The second kappa shape index (κ2) is 1.97. The third-order valence-electron chi connectivity index (χ3n) is 2.45. The first-order chi connectivity index (χ1) is 4.99. The highest BCUT2D eigenvalue weighted by Gasteiger charge is 2.53. The molecule has 1 aliphatic carbocycles. The van der Waals surface area contributed by atoms with Crippen LogP contribution in [-0.2, 0) is 14.8 Å². The molecule has 2 aliphatic heterocycles. The highest BCUT2D eigenvalue weighted by molar-refractivity contribution is 7.89. The lowest BCUT2D eigenvalue weighted by molar-refractivity contribution is 0.116. The molecule has 3 fully saturated rings. The van der Waals surface area contributed by atoms with Crippen molar-refractivity contribution in [3.8, 4) is 0 Å². The van der Waals surface area contributed by atoms with E-state index in [2.05, 4.69) is 0 Å². The van der Waals surface area contributed by atoms with E-state index in [1.807, 2.05) is 0 Å². The molecule has 4 nitrogen and oxygen atoms in total. The summed E-state index contributed by atoms with van der Waals surface area (Å²) in [6, 6.07) is 0. The molecule has 0 aromatic heterocycles. The second-order valence-electron chi connectivity index (χ2n) is 3.65. The van der Waals surface area contributed by atoms with Crippen LogP contribution in [0.15, 0.2) is 0 Å². The van der Waals surface area contributed by atoms with Gasteiger partial charge < -0.3 is 4.74 Å². The van der Waals surface area contributed by atoms with Crippen molar-refractivity contribution in [3.63, 3.8) is 0 Å². The van der Waals surface area contributed by atoms with Crippen molar-refractivity contribution >= 4 is 10.0 Å². The van der Waals surface area contributed by atoms with Crippen molar-refractivity contribution in [2.24, 2.45) is 10.6 Å². The summed E-state index contributed by atoms with van der Waals surface area (Å²) in [5.74, 6) is 0.0938. The number of hydrogen-bond acceptors (Lipinski definition) is 3. The van der Waals surface area contributed by atoms with Gasteiger partial charge in [0.1, 0.15) is 0 Å². The van der Waals surface area contributed by atoms with E-state index >= 15 is 0 Å². The number of hydrogen-bond donors (Lipinski definition) is 1. The van der Waals surface area contributed by atoms with E-state index in [1.54, 1.807) is 0 Å². The van der Waals surface area contributed by atoms with E-state index in [0.29, 0.717) is 12.7 Å². The summed E-state index contributed by atoms with van der Waals surface area (Å²) >= 11 is 0. The van der Waals surface area contributed by atoms with Crippen molar-refractivity contribution < 1.29 is 13.2 Å². The average molecular weight is 177 g/mol. The molecular weight excluding hydrogens is 166 g/mol. The zero-order chi connectivity index (χ0) is 8.11. The Bertz CT molecular complexity index is 260. The van der Waals surface area contributed by atoms with Gasteiger partial charge in [0.05, 0.1) is 18.5 Å². The summed E-state index contributed by atoms with van der Waals surface area (Å²) in [6.45, 7) is 0.577. The maximum atomic E-state index is 10.7. The molecule has 3 rings (SSSR count). The van der Waals surface area contributed by atoms with Crippen LogP contribution in [0.1, 0.15) is 12.8 Å². The molecular formula is C6H11NO3S. The maximum Gasteiger partial charge on any atom is 0.209 e. The third-order valence-corrected chi connectivity index (χ3v) is 3.47. The quantitative estimate of drug-likeness (QED) is 0.615. The minimum Gasteiger partial charge on any atom is -0.378 e. The van der Waals surface area contributed by atoms with Crippen LogP contribution in [0, 0.1) is 5.41 Å². The van der Waals surface area contributed by atoms with Gasteiger partial charge >= 0.3 is 0 Å². The summed E-state index contributed by atoms with van der Waals surface area (Å²) in [6.07, 6.45) is 2.07. The molecule has 0 aromatic carbocycles. The van der Waals surface area contributed by atoms with Gasteiger partial charge in [-0.05, 0) is 12.8 Å². The fourth-order valence-corrected chi connectivity index (χ4v) is 3.20. The molecule has 3 aliphatic rings. The molecule has 0 unspecified atom stereocenters. The molecule has 1 saturated carbocycles. The second-order valence-corrected chi connectivity index (χ2v) is 5.26. The van der Waals surface area contributed by atoms with Gasteiger partial charge in [0, 0.05) is 5.41 Å². The van der Waals surface area contributed by atoms with Gasteiger partial charge in [-0.3, -0.25) is 0 Å². The van der Waals surface area contributed by atoms with Gasteiger partial charge in [0.25, 0.3) is 0 Å². The van der Waals surface area contributed by atoms with E-state index in [-0.39, 0.29) is 11.2 Å². The van der Waals surface area contributed by atoms with Crippen LogP contribution in [0.4, 0.5) is 0 Å². The van der Waals surface area contributed by atoms with Crippen LogP contribution in [-0.4, -0.2) is 26.9 Å². The lowest BCUT2D eigenvalue weighted by Crippen LogP contribution is -2.41. The summed E-state index contributed by atoms with van der Waals surface area (Å²) in [4.78, 5) is 0. The topological polar surface area (TPSA) is 69.4 Å². The van der Waals surface area contributed by atoms with E-state index in [9.17, 15) is 8.42 Å². The Hall–Kier alpha value is -0.130. The smallest absolute Gasteiger partial charge is 0.209 e. The van der Waals surface area contributed by atoms with Crippen molar-refractivity contribution in [1.29, 1.82) is 0 Å². The van der Waals surface area contributed by atoms with Crippen LogP contribution in [0.2, 0.25) is 0 Å². The Morgan fingerprint density at radius 2 is 2.18 bits per heavy atom. The van der Waals surface area contributed by atoms with Gasteiger partial charge in [0.15, 0.2) is 0 Å². The van der Waals surface area contributed by atoms with E-state index in [1.165, 1.54) is 0 Å². The van der Waals surface area contributed by atoms with E-state index < -0.39 is 10.0 Å². The summed E-state index contributed by atoms with van der Waals surface area (Å²) in [5, 5.41) is 4.94. The lowest BCUT2D eigenvalue weighted by Gasteiger charge is -2.33. The molecule has 5 heteroatoms. The number of fused-ring (bicyclic) bond motifs is 1. The predicted molar refractivity (Wildman–Crippen MR) is 39.4 cm³/mol.